The average molecular weight is 512 g/mol. The van der Waals surface area contributed by atoms with E-state index < -0.39 is 11.8 Å². The lowest BCUT2D eigenvalue weighted by atomic mass is 10.0. The maximum absolute atomic E-state index is 15.8. The molecular formula is C29H26FN5O3. The number of para-hydroxylation sites is 2. The minimum absolute atomic E-state index is 0.0271. The van der Waals surface area contributed by atoms with E-state index in [9.17, 15) is 9.90 Å². The van der Waals surface area contributed by atoms with Crippen LogP contribution in [0.3, 0.4) is 0 Å². The van der Waals surface area contributed by atoms with E-state index in [1.54, 1.807) is 23.7 Å². The molecule has 3 aromatic carbocycles. The lowest BCUT2D eigenvalue weighted by molar-refractivity contribution is 0.0698. The Morgan fingerprint density at radius 2 is 1.79 bits per heavy atom. The maximum atomic E-state index is 15.8. The number of carboxylic acids is 1. The van der Waals surface area contributed by atoms with Crippen molar-refractivity contribution in [1.29, 1.82) is 0 Å². The van der Waals surface area contributed by atoms with Gasteiger partial charge in [-0.3, -0.25) is 4.98 Å². The molecule has 0 aliphatic rings. The monoisotopic (exact) mass is 511 g/mol. The molecular weight excluding hydrogens is 485 g/mol. The largest absolute Gasteiger partial charge is 0.490 e. The summed E-state index contributed by atoms with van der Waals surface area (Å²) in [4.78, 5) is 20.6. The Labute approximate surface area is 218 Å². The number of nitrogens with zero attached hydrogens (tertiary/aromatic N) is 4. The highest BCUT2D eigenvalue weighted by molar-refractivity contribution is 5.98. The summed E-state index contributed by atoms with van der Waals surface area (Å²) in [6, 6.07) is 14.5. The average Bonchev–Trinajstić information content (AvgIpc) is 3.22. The molecule has 0 aliphatic carbocycles. The highest BCUT2D eigenvalue weighted by Gasteiger charge is 2.27. The number of hydrogen-bond donors (Lipinski definition) is 2. The number of carboxylic acid groups (broad SMARTS) is 1. The van der Waals surface area contributed by atoms with Crippen molar-refractivity contribution < 1.29 is 19.0 Å². The molecule has 8 nitrogen and oxygen atoms in total. The van der Waals surface area contributed by atoms with E-state index in [-0.39, 0.29) is 23.4 Å². The van der Waals surface area contributed by atoms with Crippen molar-refractivity contribution in [1.82, 2.24) is 19.7 Å². The van der Waals surface area contributed by atoms with Gasteiger partial charge in [-0.05, 0) is 57.0 Å². The Bertz CT molecular complexity index is 1700. The van der Waals surface area contributed by atoms with Crippen molar-refractivity contribution >= 4 is 28.5 Å². The molecule has 0 fully saturated rings. The number of rotatable bonds is 7. The van der Waals surface area contributed by atoms with Gasteiger partial charge in [0, 0.05) is 18.0 Å². The highest BCUT2D eigenvalue weighted by atomic mass is 19.1. The smallest absolute Gasteiger partial charge is 0.337 e. The molecule has 5 rings (SSSR count). The Kier molecular flexibility index (Phi) is 6.50. The third-order valence-electron chi connectivity index (χ3n) is 6.37. The van der Waals surface area contributed by atoms with Gasteiger partial charge in [-0.15, -0.1) is 0 Å². The molecule has 0 amide bonds. The highest BCUT2D eigenvalue weighted by Crippen LogP contribution is 2.44. The zero-order valence-corrected chi connectivity index (χ0v) is 21.4. The topological polar surface area (TPSA) is 102 Å². The quantitative estimate of drug-likeness (QED) is 0.261. The maximum Gasteiger partial charge on any atom is 0.337 e. The second-order valence-corrected chi connectivity index (χ2v) is 8.86. The van der Waals surface area contributed by atoms with E-state index in [2.05, 4.69) is 15.3 Å². The third-order valence-corrected chi connectivity index (χ3v) is 6.37. The van der Waals surface area contributed by atoms with Crippen LogP contribution < -0.4 is 10.1 Å². The number of aromatic carboxylic acids is 1. The summed E-state index contributed by atoms with van der Waals surface area (Å²) < 4.78 is 23.3. The van der Waals surface area contributed by atoms with Gasteiger partial charge in [-0.1, -0.05) is 30.3 Å². The van der Waals surface area contributed by atoms with Crippen molar-refractivity contribution in [3.8, 4) is 22.6 Å². The van der Waals surface area contributed by atoms with E-state index in [4.69, 9.17) is 9.84 Å². The Morgan fingerprint density at radius 1 is 1.05 bits per heavy atom. The molecule has 0 radical (unpaired) electrons. The second kappa shape index (κ2) is 9.93. The first-order valence-electron chi connectivity index (χ1n) is 12.1. The number of benzene rings is 3. The van der Waals surface area contributed by atoms with Gasteiger partial charge < -0.3 is 15.2 Å². The summed E-state index contributed by atoms with van der Waals surface area (Å²) in [6.45, 7) is 7.61. The summed E-state index contributed by atoms with van der Waals surface area (Å²) in [6.07, 6.45) is 2.93. The molecule has 5 aromatic rings. The summed E-state index contributed by atoms with van der Waals surface area (Å²) >= 11 is 0. The van der Waals surface area contributed by atoms with Crippen LogP contribution in [0.25, 0.3) is 27.8 Å². The predicted molar refractivity (Wildman–Crippen MR) is 144 cm³/mol. The summed E-state index contributed by atoms with van der Waals surface area (Å²) in [5.41, 5.74) is 5.02. The van der Waals surface area contributed by atoms with Crippen molar-refractivity contribution in [2.45, 2.75) is 27.7 Å². The number of hydrogen-bond acceptors (Lipinski definition) is 6. The second-order valence-electron chi connectivity index (χ2n) is 8.86. The summed E-state index contributed by atoms with van der Waals surface area (Å²) in [5, 5.41) is 18.1. The first-order valence-corrected chi connectivity index (χ1v) is 12.1. The van der Waals surface area contributed by atoms with Crippen LogP contribution >= 0.6 is 0 Å². The van der Waals surface area contributed by atoms with Gasteiger partial charge in [0.2, 0.25) is 0 Å². The van der Waals surface area contributed by atoms with Crippen molar-refractivity contribution in [2.75, 3.05) is 11.9 Å². The number of carbonyl (C=O) groups is 1. The Balaban J connectivity index is 1.86. The van der Waals surface area contributed by atoms with Gasteiger partial charge in [0.1, 0.15) is 11.3 Å². The normalized spacial score (nSPS) is 11.1. The fourth-order valence-corrected chi connectivity index (χ4v) is 4.59. The van der Waals surface area contributed by atoms with Crippen LogP contribution in [0.5, 0.6) is 5.75 Å². The number of anilines is 2. The number of aryl methyl sites for hydroxylation is 3. The van der Waals surface area contributed by atoms with Crippen LogP contribution in [0.2, 0.25) is 0 Å². The molecule has 0 bridgehead atoms. The minimum Gasteiger partial charge on any atom is -0.490 e. The van der Waals surface area contributed by atoms with Gasteiger partial charge in [0.15, 0.2) is 11.6 Å². The van der Waals surface area contributed by atoms with Gasteiger partial charge in [-0.2, -0.15) is 5.10 Å². The first-order chi connectivity index (χ1) is 18.3. The molecule has 0 atom stereocenters. The number of nitrogens with one attached hydrogen (secondary N) is 1. The zero-order valence-electron chi connectivity index (χ0n) is 21.4. The lowest BCUT2D eigenvalue weighted by Crippen LogP contribution is -2.09. The molecule has 2 N–H and O–H groups in total. The number of halogens is 1. The van der Waals surface area contributed by atoms with E-state index >= 15 is 4.39 Å². The standard InChI is InChI=1S/C29H26FN5O3/c1-5-38-27-20(15-21-26(24(27)30)32-14-13-31-21)23-18(4)34-35(22-12-7-6-9-16(22)2)28(23)33-25-17(3)10-8-11-19(25)29(36)37/h6-15,33H,5H2,1-4H3,(H,36,37). The molecule has 0 aliphatic heterocycles. The van der Waals surface area contributed by atoms with Gasteiger partial charge in [0.05, 0.1) is 40.3 Å². The summed E-state index contributed by atoms with van der Waals surface area (Å²) in [7, 11) is 0. The molecule has 0 unspecified atom stereocenters. The van der Waals surface area contributed by atoms with Crippen molar-refractivity contribution in [3.05, 3.63) is 89.1 Å². The van der Waals surface area contributed by atoms with Crippen LogP contribution in [0.4, 0.5) is 15.9 Å². The molecule has 2 heterocycles. The Hall–Kier alpha value is -4.79. The zero-order chi connectivity index (χ0) is 27.0. The molecule has 0 saturated heterocycles. The Morgan fingerprint density at radius 3 is 2.53 bits per heavy atom. The molecule has 2 aromatic heterocycles. The fourth-order valence-electron chi connectivity index (χ4n) is 4.59. The van der Waals surface area contributed by atoms with Crippen LogP contribution in [0, 0.1) is 26.6 Å². The van der Waals surface area contributed by atoms with Crippen molar-refractivity contribution in [3.63, 3.8) is 0 Å². The SMILES string of the molecule is CCOc1c(-c2c(C)nn(-c3ccccc3C)c2Nc2c(C)cccc2C(=O)O)cc2nccnc2c1F. The van der Waals surface area contributed by atoms with Crippen LogP contribution in [0.1, 0.15) is 34.1 Å². The minimum atomic E-state index is -1.07. The van der Waals surface area contributed by atoms with Gasteiger partial charge in [-0.25, -0.2) is 18.9 Å². The number of fused-ring (bicyclic) bond motifs is 1. The fraction of sp³-hybridized carbons (Fsp3) is 0.172. The van der Waals surface area contributed by atoms with Gasteiger partial charge >= 0.3 is 5.97 Å². The van der Waals surface area contributed by atoms with E-state index in [1.165, 1.54) is 18.5 Å². The molecule has 192 valence electrons. The number of aromatic nitrogens is 4. The number of ether oxygens (including phenoxy) is 1. The first kappa shape index (κ1) is 24.9. The third kappa shape index (κ3) is 4.21. The molecule has 0 spiro atoms. The predicted octanol–water partition coefficient (Wildman–Crippen LogP) is 6.39. The van der Waals surface area contributed by atoms with E-state index in [0.29, 0.717) is 33.8 Å². The van der Waals surface area contributed by atoms with Crippen LogP contribution in [-0.4, -0.2) is 37.4 Å². The molecule has 9 heteroatoms. The van der Waals surface area contributed by atoms with E-state index in [0.717, 1.165) is 16.8 Å². The van der Waals surface area contributed by atoms with Crippen molar-refractivity contribution in [2.24, 2.45) is 0 Å². The lowest BCUT2D eigenvalue weighted by Gasteiger charge is -2.18. The van der Waals surface area contributed by atoms with E-state index in [1.807, 2.05) is 51.1 Å². The van der Waals surface area contributed by atoms with Gasteiger partial charge in [0.25, 0.3) is 0 Å². The van der Waals surface area contributed by atoms with Crippen LogP contribution in [-0.2, 0) is 0 Å². The molecule has 38 heavy (non-hydrogen) atoms. The molecule has 0 saturated carbocycles. The summed E-state index contributed by atoms with van der Waals surface area (Å²) in [5.74, 6) is -1.20. The van der Waals surface area contributed by atoms with Crippen LogP contribution in [0.15, 0.2) is 60.9 Å².